The zero-order valence-electron chi connectivity index (χ0n) is 17.5. The highest BCUT2D eigenvalue weighted by Gasteiger charge is 2.37. The molecular weight excluding hydrogens is 416 g/mol. The van der Waals surface area contributed by atoms with Gasteiger partial charge in [-0.3, -0.25) is 4.79 Å². The highest BCUT2D eigenvalue weighted by molar-refractivity contribution is 7.98. The molecule has 1 atom stereocenters. The number of aromatic nitrogens is 3. The van der Waals surface area contributed by atoms with E-state index >= 15 is 0 Å². The number of nitrogens with one attached hydrogen (secondary N) is 1. The minimum absolute atomic E-state index is 0.205. The van der Waals surface area contributed by atoms with Gasteiger partial charge in [0.2, 0.25) is 11.1 Å². The van der Waals surface area contributed by atoms with E-state index < -0.39 is 0 Å². The minimum Gasteiger partial charge on any atom is -0.328 e. The zero-order chi connectivity index (χ0) is 21.5. The molecule has 32 heavy (non-hydrogen) atoms. The van der Waals surface area contributed by atoms with E-state index in [1.165, 1.54) is 5.56 Å². The van der Waals surface area contributed by atoms with Crippen LogP contribution in [-0.2, 0) is 10.5 Å². The van der Waals surface area contributed by atoms with Gasteiger partial charge in [-0.25, -0.2) is 4.68 Å². The first-order valence-electron chi connectivity index (χ1n) is 10.9. The number of nitrogens with zero attached hydrogens (tertiary/aromatic N) is 3. The van der Waals surface area contributed by atoms with E-state index in [0.717, 1.165) is 46.2 Å². The molecule has 1 aromatic heterocycles. The maximum atomic E-state index is 13.1. The summed E-state index contributed by atoms with van der Waals surface area (Å²) in [6, 6.07) is 24.7. The van der Waals surface area contributed by atoms with Gasteiger partial charge in [0.05, 0.1) is 0 Å². The third-order valence-corrected chi connectivity index (χ3v) is 7.09. The summed E-state index contributed by atoms with van der Waals surface area (Å²) >= 11 is 1.62. The maximum Gasteiger partial charge on any atom is 0.227 e. The average Bonchev–Trinajstić information content (AvgIpc) is 3.24. The second kappa shape index (κ2) is 7.95. The van der Waals surface area contributed by atoms with Gasteiger partial charge in [-0.2, -0.15) is 4.98 Å². The third kappa shape index (κ3) is 3.31. The largest absolute Gasteiger partial charge is 0.328 e. The normalized spacial score (nSPS) is 17.8. The second-order valence-corrected chi connectivity index (χ2v) is 9.14. The van der Waals surface area contributed by atoms with Crippen LogP contribution in [0.2, 0.25) is 0 Å². The second-order valence-electron chi connectivity index (χ2n) is 8.20. The van der Waals surface area contributed by atoms with Gasteiger partial charge >= 0.3 is 0 Å². The summed E-state index contributed by atoms with van der Waals surface area (Å²) in [6.45, 7) is 0. The molecule has 0 saturated heterocycles. The number of thioether (sulfide) groups is 1. The number of ketones is 1. The van der Waals surface area contributed by atoms with Crippen LogP contribution in [0.25, 0.3) is 10.8 Å². The topological polar surface area (TPSA) is 59.8 Å². The number of carbonyl (C=O) groups is 1. The van der Waals surface area contributed by atoms with Crippen molar-refractivity contribution >= 4 is 34.3 Å². The Morgan fingerprint density at radius 2 is 1.78 bits per heavy atom. The molecule has 1 aliphatic heterocycles. The first kappa shape index (κ1) is 19.3. The lowest BCUT2D eigenvalue weighted by atomic mass is 9.84. The lowest BCUT2D eigenvalue weighted by molar-refractivity contribution is -0.116. The van der Waals surface area contributed by atoms with Crippen LogP contribution in [0.5, 0.6) is 0 Å². The molecule has 1 aliphatic carbocycles. The summed E-state index contributed by atoms with van der Waals surface area (Å²) in [7, 11) is 0. The van der Waals surface area contributed by atoms with Crippen LogP contribution in [-0.4, -0.2) is 20.5 Å². The molecule has 0 saturated carbocycles. The Bertz CT molecular complexity index is 1350. The van der Waals surface area contributed by atoms with Crippen molar-refractivity contribution in [2.75, 3.05) is 5.32 Å². The van der Waals surface area contributed by atoms with Crippen molar-refractivity contribution in [3.05, 3.63) is 95.2 Å². The lowest BCUT2D eigenvalue weighted by Crippen LogP contribution is -2.31. The van der Waals surface area contributed by atoms with Gasteiger partial charge in [0.25, 0.3) is 0 Å². The fourth-order valence-electron chi connectivity index (χ4n) is 4.70. The molecule has 0 bridgehead atoms. The molecule has 2 aliphatic rings. The Balaban J connectivity index is 1.45. The highest BCUT2D eigenvalue weighted by Crippen LogP contribution is 2.42. The number of hydrogen-bond donors (Lipinski definition) is 1. The molecule has 158 valence electrons. The Labute approximate surface area is 190 Å². The summed E-state index contributed by atoms with van der Waals surface area (Å²) in [5.74, 6) is 1.72. The number of Topliss-reactive ketones (excluding diaryl/α,β-unsaturated/α-hetero) is 1. The van der Waals surface area contributed by atoms with Crippen LogP contribution < -0.4 is 5.32 Å². The van der Waals surface area contributed by atoms with Gasteiger partial charge in [0.1, 0.15) is 6.04 Å². The Morgan fingerprint density at radius 3 is 2.69 bits per heavy atom. The SMILES string of the molecule is O=C1CCCC2=C1C(c1cccc3ccccc13)n1nc(SCc3ccccc3)nc1N2. The molecule has 6 rings (SSSR count). The molecule has 1 unspecified atom stereocenters. The van der Waals surface area contributed by atoms with E-state index in [9.17, 15) is 4.79 Å². The van der Waals surface area contributed by atoms with Crippen molar-refractivity contribution in [2.24, 2.45) is 0 Å². The smallest absolute Gasteiger partial charge is 0.227 e. The first-order valence-corrected chi connectivity index (χ1v) is 11.9. The molecule has 2 heterocycles. The molecule has 4 aromatic rings. The van der Waals surface area contributed by atoms with Crippen molar-refractivity contribution in [2.45, 2.75) is 36.2 Å². The molecule has 3 aromatic carbocycles. The van der Waals surface area contributed by atoms with E-state index in [0.29, 0.717) is 17.5 Å². The first-order chi connectivity index (χ1) is 15.8. The number of benzene rings is 3. The number of carbonyl (C=O) groups excluding carboxylic acids is 1. The molecular formula is C26H22N4OS. The van der Waals surface area contributed by atoms with Gasteiger partial charge in [0, 0.05) is 23.4 Å². The van der Waals surface area contributed by atoms with Crippen molar-refractivity contribution in [3.8, 4) is 0 Å². The zero-order valence-corrected chi connectivity index (χ0v) is 18.3. The van der Waals surface area contributed by atoms with Crippen molar-refractivity contribution in [3.63, 3.8) is 0 Å². The Hall–Kier alpha value is -3.38. The van der Waals surface area contributed by atoms with Gasteiger partial charge in [-0.15, -0.1) is 5.10 Å². The van der Waals surface area contributed by atoms with Gasteiger partial charge < -0.3 is 5.32 Å². The summed E-state index contributed by atoms with van der Waals surface area (Å²) in [5.41, 5.74) is 4.16. The quantitative estimate of drug-likeness (QED) is 0.411. The van der Waals surface area contributed by atoms with E-state index in [1.54, 1.807) is 11.8 Å². The number of anilines is 1. The summed E-state index contributed by atoms with van der Waals surface area (Å²) in [4.78, 5) is 17.9. The minimum atomic E-state index is -0.265. The molecule has 6 heteroatoms. The van der Waals surface area contributed by atoms with Gasteiger partial charge in [0.15, 0.2) is 5.78 Å². The van der Waals surface area contributed by atoms with Crippen molar-refractivity contribution in [1.82, 2.24) is 14.8 Å². The molecule has 5 nitrogen and oxygen atoms in total. The van der Waals surface area contributed by atoms with Crippen LogP contribution in [0.1, 0.15) is 36.4 Å². The van der Waals surface area contributed by atoms with E-state index in [1.807, 2.05) is 35.0 Å². The molecule has 0 radical (unpaired) electrons. The van der Waals surface area contributed by atoms with E-state index in [-0.39, 0.29) is 11.8 Å². The number of hydrogen-bond acceptors (Lipinski definition) is 5. The summed E-state index contributed by atoms with van der Waals surface area (Å²) < 4.78 is 1.91. The van der Waals surface area contributed by atoms with Gasteiger partial charge in [-0.1, -0.05) is 84.6 Å². The van der Waals surface area contributed by atoms with Crippen LogP contribution >= 0.6 is 11.8 Å². The Kier molecular flexibility index (Phi) is 4.80. The molecule has 0 fully saturated rings. The van der Waals surface area contributed by atoms with Crippen LogP contribution in [0.3, 0.4) is 0 Å². The number of rotatable bonds is 4. The van der Waals surface area contributed by atoms with E-state index in [4.69, 9.17) is 10.1 Å². The standard InChI is InChI=1S/C26H22N4OS/c31-22-15-7-14-21-23(22)24(20-13-6-11-18-10-4-5-12-19(18)20)30-25(27-21)28-26(29-30)32-16-17-8-2-1-3-9-17/h1-6,8-13,24H,7,14-16H2,(H,27,28,29). The number of fused-ring (bicyclic) bond motifs is 2. The molecule has 1 N–H and O–H groups in total. The number of allylic oxidation sites excluding steroid dienone is 2. The monoisotopic (exact) mass is 438 g/mol. The van der Waals surface area contributed by atoms with Crippen LogP contribution in [0, 0.1) is 0 Å². The average molecular weight is 439 g/mol. The van der Waals surface area contributed by atoms with Crippen LogP contribution in [0.15, 0.2) is 89.2 Å². The fourth-order valence-corrected chi connectivity index (χ4v) is 5.48. The van der Waals surface area contributed by atoms with Crippen molar-refractivity contribution < 1.29 is 4.79 Å². The maximum absolute atomic E-state index is 13.1. The predicted molar refractivity (Wildman–Crippen MR) is 128 cm³/mol. The molecule has 0 spiro atoms. The van der Waals surface area contributed by atoms with Crippen LogP contribution in [0.4, 0.5) is 5.95 Å². The molecule has 0 amide bonds. The van der Waals surface area contributed by atoms with E-state index in [2.05, 4.69) is 47.8 Å². The Morgan fingerprint density at radius 1 is 0.969 bits per heavy atom. The third-order valence-electron chi connectivity index (χ3n) is 6.18. The lowest BCUT2D eigenvalue weighted by Gasteiger charge is -2.32. The summed E-state index contributed by atoms with van der Waals surface area (Å²) in [5, 5.41) is 11.3. The highest BCUT2D eigenvalue weighted by atomic mass is 32.2. The van der Waals surface area contributed by atoms with Crippen molar-refractivity contribution in [1.29, 1.82) is 0 Å². The predicted octanol–water partition coefficient (Wildman–Crippen LogP) is 5.75. The van der Waals surface area contributed by atoms with Gasteiger partial charge in [-0.05, 0) is 34.7 Å². The fraction of sp³-hybridized carbons (Fsp3) is 0.192. The summed E-state index contributed by atoms with van der Waals surface area (Å²) in [6.07, 6.45) is 2.32.